The number of benzene rings is 1. The summed E-state index contributed by atoms with van der Waals surface area (Å²) >= 11 is 0. The summed E-state index contributed by atoms with van der Waals surface area (Å²) in [6.45, 7) is 6.35. The molecule has 0 saturated heterocycles. The van der Waals surface area contributed by atoms with Crippen molar-refractivity contribution in [3.05, 3.63) is 35.4 Å². The molecular formula is C20H30N2O3. The summed E-state index contributed by atoms with van der Waals surface area (Å²) in [4.78, 5) is 23.1. The largest absolute Gasteiger partial charge is 0.481 e. The maximum Gasteiger partial charge on any atom is 0.315 e. The van der Waals surface area contributed by atoms with Gasteiger partial charge in [0.1, 0.15) is 0 Å². The Balaban J connectivity index is 1.74. The van der Waals surface area contributed by atoms with Crippen molar-refractivity contribution in [2.45, 2.75) is 70.9 Å². The number of aliphatic carboxylic acids is 1. The summed E-state index contributed by atoms with van der Waals surface area (Å²) in [5, 5.41) is 15.0. The van der Waals surface area contributed by atoms with Gasteiger partial charge in [-0.25, -0.2) is 4.79 Å². The Morgan fingerprint density at radius 1 is 1.08 bits per heavy atom. The summed E-state index contributed by atoms with van der Waals surface area (Å²) in [5.41, 5.74) is 2.53. The van der Waals surface area contributed by atoms with Crippen molar-refractivity contribution in [2.24, 2.45) is 5.92 Å². The minimum absolute atomic E-state index is 0.0419. The molecule has 2 amide bonds. The average Bonchev–Trinajstić information content (AvgIpc) is 2.55. The molecule has 1 aliphatic rings. The Labute approximate surface area is 150 Å². The van der Waals surface area contributed by atoms with Crippen LogP contribution in [-0.4, -0.2) is 29.2 Å². The molecule has 0 spiro atoms. The van der Waals surface area contributed by atoms with E-state index in [1.54, 1.807) is 0 Å². The number of nitrogens with one attached hydrogen (secondary N) is 2. The summed E-state index contributed by atoms with van der Waals surface area (Å²) in [6.07, 6.45) is 3.53. The number of amides is 2. The zero-order valence-electron chi connectivity index (χ0n) is 15.4. The minimum Gasteiger partial charge on any atom is -0.481 e. The van der Waals surface area contributed by atoms with Gasteiger partial charge in [-0.2, -0.15) is 0 Å². The average molecular weight is 346 g/mol. The normalized spacial score (nSPS) is 21.6. The summed E-state index contributed by atoms with van der Waals surface area (Å²) in [7, 11) is 0. The molecule has 1 aliphatic carbocycles. The smallest absolute Gasteiger partial charge is 0.315 e. The van der Waals surface area contributed by atoms with Crippen molar-refractivity contribution in [3.8, 4) is 0 Å². The van der Waals surface area contributed by atoms with E-state index in [9.17, 15) is 9.59 Å². The second kappa shape index (κ2) is 8.88. The number of urea groups is 1. The fourth-order valence-corrected chi connectivity index (χ4v) is 3.38. The van der Waals surface area contributed by atoms with Crippen LogP contribution >= 0.6 is 0 Å². The second-order valence-corrected chi connectivity index (χ2v) is 7.51. The lowest BCUT2D eigenvalue weighted by molar-refractivity contribution is -0.142. The molecule has 1 fully saturated rings. The highest BCUT2D eigenvalue weighted by molar-refractivity contribution is 5.74. The molecule has 5 heteroatoms. The van der Waals surface area contributed by atoms with E-state index in [1.165, 1.54) is 11.1 Å². The van der Waals surface area contributed by atoms with Gasteiger partial charge in [-0.1, -0.05) is 38.1 Å². The second-order valence-electron chi connectivity index (χ2n) is 7.51. The van der Waals surface area contributed by atoms with Crippen LogP contribution < -0.4 is 10.6 Å². The van der Waals surface area contributed by atoms with Gasteiger partial charge in [0.15, 0.2) is 0 Å². The number of hydrogen-bond acceptors (Lipinski definition) is 2. The molecule has 2 rings (SSSR count). The van der Waals surface area contributed by atoms with Gasteiger partial charge >= 0.3 is 12.0 Å². The Morgan fingerprint density at radius 2 is 1.68 bits per heavy atom. The van der Waals surface area contributed by atoms with Gasteiger partial charge in [-0.05, 0) is 56.1 Å². The van der Waals surface area contributed by atoms with E-state index in [2.05, 4.69) is 48.7 Å². The van der Waals surface area contributed by atoms with E-state index < -0.39 is 5.97 Å². The third-order valence-electron chi connectivity index (χ3n) is 4.98. The van der Waals surface area contributed by atoms with Crippen LogP contribution in [0.2, 0.25) is 0 Å². The van der Waals surface area contributed by atoms with E-state index in [4.69, 9.17) is 5.11 Å². The van der Waals surface area contributed by atoms with Gasteiger partial charge in [0, 0.05) is 12.1 Å². The molecule has 3 N–H and O–H groups in total. The van der Waals surface area contributed by atoms with E-state index in [1.807, 2.05) is 6.92 Å². The highest BCUT2D eigenvalue weighted by atomic mass is 16.4. The first-order valence-corrected chi connectivity index (χ1v) is 9.23. The monoisotopic (exact) mass is 346 g/mol. The maximum absolute atomic E-state index is 12.1. The van der Waals surface area contributed by atoms with Crippen LogP contribution in [0.3, 0.4) is 0 Å². The molecule has 138 valence electrons. The molecule has 0 aromatic heterocycles. The van der Waals surface area contributed by atoms with Crippen molar-refractivity contribution >= 4 is 12.0 Å². The first-order valence-electron chi connectivity index (χ1n) is 9.23. The van der Waals surface area contributed by atoms with Crippen LogP contribution in [0.25, 0.3) is 0 Å². The lowest BCUT2D eigenvalue weighted by Gasteiger charge is -2.27. The third-order valence-corrected chi connectivity index (χ3v) is 4.98. The zero-order valence-corrected chi connectivity index (χ0v) is 15.4. The van der Waals surface area contributed by atoms with Crippen LogP contribution in [0.1, 0.15) is 63.5 Å². The van der Waals surface area contributed by atoms with Crippen LogP contribution in [-0.2, 0) is 11.2 Å². The van der Waals surface area contributed by atoms with Gasteiger partial charge < -0.3 is 15.7 Å². The molecule has 0 heterocycles. The number of carboxylic acid groups (broad SMARTS) is 1. The highest BCUT2D eigenvalue weighted by Crippen LogP contribution is 2.24. The lowest BCUT2D eigenvalue weighted by atomic mass is 9.86. The number of carbonyl (C=O) groups is 2. The first-order chi connectivity index (χ1) is 11.8. The van der Waals surface area contributed by atoms with Gasteiger partial charge in [-0.3, -0.25) is 4.79 Å². The molecule has 5 nitrogen and oxygen atoms in total. The van der Waals surface area contributed by atoms with E-state index in [0.717, 1.165) is 19.3 Å². The molecule has 1 aromatic carbocycles. The summed E-state index contributed by atoms with van der Waals surface area (Å²) in [6, 6.07) is 8.50. The summed E-state index contributed by atoms with van der Waals surface area (Å²) in [5.74, 6) is -0.458. The molecule has 1 saturated carbocycles. The molecule has 25 heavy (non-hydrogen) atoms. The Morgan fingerprint density at radius 3 is 2.20 bits per heavy atom. The quantitative estimate of drug-likeness (QED) is 0.735. The molecule has 0 aliphatic heterocycles. The number of hydrogen-bond donors (Lipinski definition) is 3. The number of carboxylic acids is 1. The third kappa shape index (κ3) is 6.07. The lowest BCUT2D eigenvalue weighted by Crippen LogP contribution is -2.47. The van der Waals surface area contributed by atoms with Crippen LogP contribution in [0.15, 0.2) is 24.3 Å². The minimum atomic E-state index is -0.722. The maximum atomic E-state index is 12.1. The Hall–Kier alpha value is -2.04. The SMILES string of the molecule is CC(Cc1ccc(C(C)C)cc1)NC(=O)NC1CCC(C(=O)O)CC1. The van der Waals surface area contributed by atoms with E-state index >= 15 is 0 Å². The van der Waals surface area contributed by atoms with Crippen molar-refractivity contribution < 1.29 is 14.7 Å². The predicted octanol–water partition coefficient (Wildman–Crippen LogP) is 3.68. The van der Waals surface area contributed by atoms with E-state index in [-0.39, 0.29) is 24.0 Å². The van der Waals surface area contributed by atoms with Crippen molar-refractivity contribution in [1.82, 2.24) is 10.6 Å². The predicted molar refractivity (Wildman–Crippen MR) is 98.7 cm³/mol. The molecule has 1 aromatic rings. The van der Waals surface area contributed by atoms with Crippen molar-refractivity contribution in [1.29, 1.82) is 0 Å². The molecule has 0 bridgehead atoms. The Kier molecular flexibility index (Phi) is 6.85. The fourth-order valence-electron chi connectivity index (χ4n) is 3.38. The van der Waals surface area contributed by atoms with Gasteiger partial charge in [0.05, 0.1) is 5.92 Å². The van der Waals surface area contributed by atoms with Gasteiger partial charge in [0.25, 0.3) is 0 Å². The zero-order chi connectivity index (χ0) is 18.4. The fraction of sp³-hybridized carbons (Fsp3) is 0.600. The topological polar surface area (TPSA) is 78.4 Å². The molecule has 0 radical (unpaired) electrons. The first kappa shape index (κ1) is 19.3. The van der Waals surface area contributed by atoms with Gasteiger partial charge in [0.2, 0.25) is 0 Å². The van der Waals surface area contributed by atoms with Crippen molar-refractivity contribution in [2.75, 3.05) is 0 Å². The summed E-state index contributed by atoms with van der Waals surface area (Å²) < 4.78 is 0. The number of carbonyl (C=O) groups excluding carboxylic acids is 1. The van der Waals surface area contributed by atoms with E-state index in [0.29, 0.717) is 18.8 Å². The Bertz CT molecular complexity index is 575. The highest BCUT2D eigenvalue weighted by Gasteiger charge is 2.26. The standard InChI is InChI=1S/C20H30N2O3/c1-13(2)16-6-4-15(5-7-16)12-14(3)21-20(25)22-18-10-8-17(9-11-18)19(23)24/h4-7,13-14,17-18H,8-12H2,1-3H3,(H,23,24)(H2,21,22,25). The molecule has 1 atom stereocenters. The van der Waals surface area contributed by atoms with Crippen LogP contribution in [0.4, 0.5) is 4.79 Å². The van der Waals surface area contributed by atoms with Crippen LogP contribution in [0, 0.1) is 5.92 Å². The van der Waals surface area contributed by atoms with Crippen LogP contribution in [0.5, 0.6) is 0 Å². The van der Waals surface area contributed by atoms with Crippen molar-refractivity contribution in [3.63, 3.8) is 0 Å². The molecular weight excluding hydrogens is 316 g/mol. The number of rotatable bonds is 6. The molecule has 1 unspecified atom stereocenters. The van der Waals surface area contributed by atoms with Gasteiger partial charge in [-0.15, -0.1) is 0 Å².